The minimum atomic E-state index is -0.0994. The van der Waals surface area contributed by atoms with Gasteiger partial charge in [0.1, 0.15) is 11.5 Å². The quantitative estimate of drug-likeness (QED) is 0.828. The predicted octanol–water partition coefficient (Wildman–Crippen LogP) is 3.42. The highest BCUT2D eigenvalue weighted by molar-refractivity contribution is 7.99. The van der Waals surface area contributed by atoms with E-state index in [9.17, 15) is 4.79 Å². The van der Waals surface area contributed by atoms with Crippen molar-refractivity contribution in [1.29, 1.82) is 0 Å². The Morgan fingerprint density at radius 1 is 1.33 bits per heavy atom. The number of benzene rings is 1. The van der Waals surface area contributed by atoms with Crippen molar-refractivity contribution in [2.24, 2.45) is 0 Å². The maximum Gasteiger partial charge on any atom is 0.256 e. The smallest absolute Gasteiger partial charge is 0.256 e. The number of aryl methyl sites for hydroxylation is 2. The number of aromatic nitrogens is 1. The van der Waals surface area contributed by atoms with Gasteiger partial charge in [0.05, 0.1) is 18.1 Å². The Morgan fingerprint density at radius 3 is 2.62 bits per heavy atom. The van der Waals surface area contributed by atoms with Gasteiger partial charge in [-0.1, -0.05) is 11.8 Å². The van der Waals surface area contributed by atoms with E-state index in [0.717, 1.165) is 22.9 Å². The number of rotatable bonds is 6. The van der Waals surface area contributed by atoms with Gasteiger partial charge in [-0.3, -0.25) is 4.79 Å². The van der Waals surface area contributed by atoms with Gasteiger partial charge >= 0.3 is 0 Å². The van der Waals surface area contributed by atoms with Crippen LogP contribution < -0.4 is 10.1 Å². The van der Waals surface area contributed by atoms with Gasteiger partial charge in [0, 0.05) is 5.69 Å². The third-order valence-electron chi connectivity index (χ3n) is 2.78. The number of thioether (sulfide) groups is 1. The molecule has 0 unspecified atom stereocenters. The largest absolute Gasteiger partial charge is 0.494 e. The fourth-order valence-electron chi connectivity index (χ4n) is 1.63. The molecule has 2 rings (SSSR count). The number of hydrogen-bond donors (Lipinski definition) is 1. The molecule has 0 bridgehead atoms. The lowest BCUT2D eigenvalue weighted by Crippen LogP contribution is -2.13. The minimum Gasteiger partial charge on any atom is -0.494 e. The lowest BCUT2D eigenvalue weighted by molar-refractivity contribution is -0.113. The molecule has 2 aromatic rings. The van der Waals surface area contributed by atoms with Crippen molar-refractivity contribution in [3.8, 4) is 5.75 Å². The van der Waals surface area contributed by atoms with Crippen molar-refractivity contribution in [3.05, 3.63) is 35.7 Å². The van der Waals surface area contributed by atoms with E-state index >= 15 is 0 Å². The molecule has 0 aliphatic carbocycles. The Balaban J connectivity index is 1.83. The van der Waals surface area contributed by atoms with E-state index in [4.69, 9.17) is 9.15 Å². The zero-order valence-electron chi connectivity index (χ0n) is 12.3. The second kappa shape index (κ2) is 7.17. The molecule has 0 aliphatic heterocycles. The summed E-state index contributed by atoms with van der Waals surface area (Å²) in [6.45, 7) is 6.28. The van der Waals surface area contributed by atoms with E-state index in [-0.39, 0.29) is 11.7 Å². The Morgan fingerprint density at radius 2 is 2.05 bits per heavy atom. The lowest BCUT2D eigenvalue weighted by atomic mass is 10.3. The molecule has 0 saturated heterocycles. The maximum absolute atomic E-state index is 11.9. The summed E-state index contributed by atoms with van der Waals surface area (Å²) in [6, 6.07) is 7.28. The van der Waals surface area contributed by atoms with Crippen LogP contribution in [0.15, 0.2) is 33.9 Å². The average Bonchev–Trinajstić information content (AvgIpc) is 2.78. The Hall–Kier alpha value is -1.95. The number of oxazole rings is 1. The fourth-order valence-corrected chi connectivity index (χ4v) is 2.34. The zero-order chi connectivity index (χ0) is 15.2. The highest BCUT2D eigenvalue weighted by Crippen LogP contribution is 2.21. The molecule has 0 atom stereocenters. The molecule has 0 aliphatic rings. The highest BCUT2D eigenvalue weighted by Gasteiger charge is 2.09. The Labute approximate surface area is 128 Å². The summed E-state index contributed by atoms with van der Waals surface area (Å²) >= 11 is 1.28. The number of anilines is 1. The van der Waals surface area contributed by atoms with Crippen LogP contribution in [0.4, 0.5) is 5.69 Å². The lowest BCUT2D eigenvalue weighted by Gasteiger charge is -2.06. The standard InChI is InChI=1S/C15H18N2O3S/c1-4-19-13-7-5-12(6-8-13)17-14(18)9-21-15-16-10(2)11(3)20-15/h5-8H,4,9H2,1-3H3,(H,17,18). The van der Waals surface area contributed by atoms with Gasteiger partial charge < -0.3 is 14.5 Å². The molecule has 0 saturated carbocycles. The highest BCUT2D eigenvalue weighted by atomic mass is 32.2. The predicted molar refractivity (Wildman–Crippen MR) is 82.9 cm³/mol. The topological polar surface area (TPSA) is 64.4 Å². The summed E-state index contributed by atoms with van der Waals surface area (Å²) in [4.78, 5) is 16.1. The van der Waals surface area contributed by atoms with Crippen LogP contribution in [0.25, 0.3) is 0 Å². The van der Waals surface area contributed by atoms with Crippen LogP contribution in [0.5, 0.6) is 5.75 Å². The second-order valence-electron chi connectivity index (χ2n) is 4.42. The van der Waals surface area contributed by atoms with Crippen molar-refractivity contribution < 1.29 is 13.9 Å². The van der Waals surface area contributed by atoms with E-state index < -0.39 is 0 Å². The summed E-state index contributed by atoms with van der Waals surface area (Å²) in [5.74, 6) is 1.73. The molecular formula is C15H18N2O3S. The van der Waals surface area contributed by atoms with E-state index in [2.05, 4.69) is 10.3 Å². The third-order valence-corrected chi connectivity index (χ3v) is 3.61. The van der Waals surface area contributed by atoms with Crippen LogP contribution in [0.1, 0.15) is 18.4 Å². The van der Waals surface area contributed by atoms with E-state index in [1.54, 1.807) is 0 Å². The Bertz CT molecular complexity index is 588. The number of amides is 1. The first-order chi connectivity index (χ1) is 10.1. The first-order valence-electron chi connectivity index (χ1n) is 6.68. The normalized spacial score (nSPS) is 10.4. The molecule has 1 heterocycles. The van der Waals surface area contributed by atoms with Gasteiger partial charge in [0.15, 0.2) is 0 Å². The van der Waals surface area contributed by atoms with Crippen molar-refractivity contribution in [3.63, 3.8) is 0 Å². The molecule has 1 N–H and O–H groups in total. The van der Waals surface area contributed by atoms with Gasteiger partial charge in [-0.05, 0) is 45.0 Å². The van der Waals surface area contributed by atoms with E-state index in [1.165, 1.54) is 11.8 Å². The molecular weight excluding hydrogens is 288 g/mol. The summed E-state index contributed by atoms with van der Waals surface area (Å²) in [7, 11) is 0. The molecule has 0 fully saturated rings. The number of ether oxygens (including phenoxy) is 1. The molecule has 112 valence electrons. The molecule has 1 aromatic heterocycles. The maximum atomic E-state index is 11.9. The van der Waals surface area contributed by atoms with E-state index in [1.807, 2.05) is 45.0 Å². The number of nitrogens with one attached hydrogen (secondary N) is 1. The average molecular weight is 306 g/mol. The first-order valence-corrected chi connectivity index (χ1v) is 7.66. The van der Waals surface area contributed by atoms with Crippen molar-refractivity contribution in [2.75, 3.05) is 17.7 Å². The SMILES string of the molecule is CCOc1ccc(NC(=O)CSc2nc(C)c(C)o2)cc1. The van der Waals surface area contributed by atoms with Crippen LogP contribution in [0.3, 0.4) is 0 Å². The summed E-state index contributed by atoms with van der Waals surface area (Å²) in [5.41, 5.74) is 1.59. The number of nitrogens with zero attached hydrogens (tertiary/aromatic N) is 1. The van der Waals surface area contributed by atoms with Crippen molar-refractivity contribution in [1.82, 2.24) is 4.98 Å². The second-order valence-corrected chi connectivity index (χ2v) is 5.34. The minimum absolute atomic E-state index is 0.0994. The van der Waals surface area contributed by atoms with Gasteiger partial charge in [-0.2, -0.15) is 0 Å². The van der Waals surface area contributed by atoms with Crippen LogP contribution in [-0.4, -0.2) is 23.3 Å². The van der Waals surface area contributed by atoms with Gasteiger partial charge in [0.2, 0.25) is 5.91 Å². The fraction of sp³-hybridized carbons (Fsp3) is 0.333. The molecule has 5 nitrogen and oxygen atoms in total. The van der Waals surface area contributed by atoms with Crippen molar-refractivity contribution >= 4 is 23.4 Å². The van der Waals surface area contributed by atoms with Crippen LogP contribution in [-0.2, 0) is 4.79 Å². The molecule has 1 aromatic carbocycles. The van der Waals surface area contributed by atoms with Crippen LogP contribution >= 0.6 is 11.8 Å². The van der Waals surface area contributed by atoms with Gasteiger partial charge in [-0.25, -0.2) is 4.98 Å². The summed E-state index contributed by atoms with van der Waals surface area (Å²) in [5, 5.41) is 3.34. The van der Waals surface area contributed by atoms with Crippen molar-refractivity contribution in [2.45, 2.75) is 26.0 Å². The monoisotopic (exact) mass is 306 g/mol. The number of hydrogen-bond acceptors (Lipinski definition) is 5. The van der Waals surface area contributed by atoms with Crippen LogP contribution in [0.2, 0.25) is 0 Å². The number of carbonyl (C=O) groups is 1. The van der Waals surface area contributed by atoms with Crippen LogP contribution in [0, 0.1) is 13.8 Å². The number of carbonyl (C=O) groups excluding carboxylic acids is 1. The van der Waals surface area contributed by atoms with Gasteiger partial charge in [0.25, 0.3) is 5.22 Å². The first kappa shape index (κ1) is 15.4. The van der Waals surface area contributed by atoms with Gasteiger partial charge in [-0.15, -0.1) is 0 Å². The molecule has 21 heavy (non-hydrogen) atoms. The summed E-state index contributed by atoms with van der Waals surface area (Å²) < 4.78 is 10.8. The van der Waals surface area contributed by atoms with E-state index in [0.29, 0.717) is 11.8 Å². The molecule has 1 amide bonds. The third kappa shape index (κ3) is 4.53. The molecule has 0 spiro atoms. The molecule has 0 radical (unpaired) electrons. The Kier molecular flexibility index (Phi) is 5.27. The summed E-state index contributed by atoms with van der Waals surface area (Å²) in [6.07, 6.45) is 0. The molecule has 6 heteroatoms. The zero-order valence-corrected chi connectivity index (χ0v) is 13.1.